The molecule has 8 N–H and O–H groups in total. The molecule has 8 rings (SSSR count). The summed E-state index contributed by atoms with van der Waals surface area (Å²) in [6, 6.07) is 35.7. The standard InChI is InChI=1S/C54H54F2N2O14S/c55-37-15-11-33(12-16-37)29-69-41-21-35(19-39(23-41)67-27-31-7-3-1-4-8-31)51(65)57-45-47(61)43(25-59)71-53(49(45)63)73-54-50(64)46(48(62)44(26-60)72-54)58-52(66)36-20-40(68-28-32-9-5-2-6-10-32)24-42(22-36)70-30-34-13-17-38(56)18-14-34/h1-24,43-50,53-54,59-64H,25-30H2,(H,57,65)(H,58,66)/t43-,44-,45-,46-,47+,48+,49-,50-,53+,54+/m1/s1. The van der Waals surface area contributed by atoms with Crippen LogP contribution in [0.3, 0.4) is 0 Å². The molecule has 0 unspecified atom stereocenters. The molecular weight excluding hydrogens is 971 g/mol. The highest BCUT2D eigenvalue weighted by Crippen LogP contribution is 2.37. The van der Waals surface area contributed by atoms with E-state index in [9.17, 15) is 49.0 Å². The predicted octanol–water partition coefficient (Wildman–Crippen LogP) is 4.79. The van der Waals surface area contributed by atoms with Gasteiger partial charge >= 0.3 is 0 Å². The lowest BCUT2D eigenvalue weighted by atomic mass is 9.96. The molecule has 2 fully saturated rings. The Labute approximate surface area is 423 Å². The summed E-state index contributed by atoms with van der Waals surface area (Å²) in [5.41, 5.74) is 0.0923. The first-order valence-corrected chi connectivity index (χ1v) is 24.2. The number of hydrogen-bond donors (Lipinski definition) is 8. The first kappa shape index (κ1) is 52.7. The van der Waals surface area contributed by atoms with Gasteiger partial charge in [-0.1, -0.05) is 96.7 Å². The molecule has 73 heavy (non-hydrogen) atoms. The number of rotatable bonds is 20. The summed E-state index contributed by atoms with van der Waals surface area (Å²) in [6.07, 6.45) is -9.58. The highest BCUT2D eigenvalue weighted by atomic mass is 32.2. The van der Waals surface area contributed by atoms with E-state index in [-0.39, 0.29) is 60.6 Å². The van der Waals surface area contributed by atoms with Crippen molar-refractivity contribution in [1.29, 1.82) is 0 Å². The molecule has 2 aliphatic heterocycles. The van der Waals surface area contributed by atoms with Crippen molar-refractivity contribution in [3.05, 3.63) is 191 Å². The Hall–Kier alpha value is -6.65. The predicted molar refractivity (Wildman–Crippen MR) is 262 cm³/mol. The molecule has 2 amide bonds. The number of aliphatic hydroxyl groups excluding tert-OH is 6. The number of hydrogen-bond acceptors (Lipinski definition) is 15. The van der Waals surface area contributed by atoms with Crippen LogP contribution in [0, 0.1) is 11.6 Å². The van der Waals surface area contributed by atoms with Crippen molar-refractivity contribution in [2.24, 2.45) is 0 Å². The average Bonchev–Trinajstić information content (AvgIpc) is 3.41. The fraction of sp³-hybridized carbons (Fsp3) is 0.296. The maximum absolute atomic E-state index is 14.1. The second-order valence-electron chi connectivity index (χ2n) is 17.3. The highest BCUT2D eigenvalue weighted by molar-refractivity contribution is 8.00. The third-order valence-electron chi connectivity index (χ3n) is 12.1. The van der Waals surface area contributed by atoms with Gasteiger partial charge in [0.1, 0.15) is 109 Å². The van der Waals surface area contributed by atoms with Gasteiger partial charge in [0.25, 0.3) is 11.8 Å². The van der Waals surface area contributed by atoms with Crippen LogP contribution in [0.25, 0.3) is 0 Å². The quantitative estimate of drug-likeness (QED) is 0.0514. The van der Waals surface area contributed by atoms with Gasteiger partial charge in [-0.25, -0.2) is 8.78 Å². The third kappa shape index (κ3) is 13.9. The Morgan fingerprint density at radius 2 is 0.781 bits per heavy atom. The summed E-state index contributed by atoms with van der Waals surface area (Å²) in [7, 11) is 0. The minimum Gasteiger partial charge on any atom is -0.489 e. The van der Waals surface area contributed by atoms with E-state index >= 15 is 0 Å². The number of amides is 2. The Balaban J connectivity index is 0.980. The van der Waals surface area contributed by atoms with E-state index < -0.39 is 96.2 Å². The van der Waals surface area contributed by atoms with E-state index in [1.807, 2.05) is 60.7 Å². The Kier molecular flexibility index (Phi) is 17.9. The number of benzene rings is 6. The van der Waals surface area contributed by atoms with E-state index in [1.54, 1.807) is 36.4 Å². The largest absolute Gasteiger partial charge is 0.489 e. The SMILES string of the molecule is O=C(N[C@@H]1[C@@H](O)[C@@H](CO)O[C@@H](S[C@@H]2O[C@H](CO)[C@H](O)[C@@H](NC(=O)c3cc(OCc4ccccc4)cc(OCc4ccc(F)cc4)c3)[C@H]2O)[C@@H]1O)c1cc(OCc2ccccc2)cc(OCc2ccc(F)cc2)c1. The smallest absolute Gasteiger partial charge is 0.251 e. The second-order valence-corrected chi connectivity index (χ2v) is 18.5. The van der Waals surface area contributed by atoms with Gasteiger partial charge in [-0.3, -0.25) is 9.59 Å². The number of aliphatic hydroxyl groups is 6. The summed E-state index contributed by atoms with van der Waals surface area (Å²) in [5.74, 6) is -1.52. The number of carbonyl (C=O) groups excluding carboxylic acids is 2. The van der Waals surface area contributed by atoms with E-state index in [0.717, 1.165) is 11.1 Å². The molecule has 0 radical (unpaired) electrons. The van der Waals surface area contributed by atoms with Crippen LogP contribution >= 0.6 is 11.8 Å². The molecule has 0 spiro atoms. The van der Waals surface area contributed by atoms with E-state index in [4.69, 9.17) is 28.4 Å². The fourth-order valence-corrected chi connectivity index (χ4v) is 9.40. The molecule has 19 heteroatoms. The summed E-state index contributed by atoms with van der Waals surface area (Å²) in [4.78, 5) is 28.2. The summed E-state index contributed by atoms with van der Waals surface area (Å²) in [6.45, 7) is -1.23. The molecule has 10 atom stereocenters. The topological polar surface area (TPSA) is 235 Å². The molecular formula is C54H54F2N2O14S. The van der Waals surface area contributed by atoms with Crippen molar-refractivity contribution in [2.75, 3.05) is 13.2 Å². The normalized spacial score (nSPS) is 23.7. The molecule has 16 nitrogen and oxygen atoms in total. The molecule has 2 aliphatic rings. The van der Waals surface area contributed by atoms with Crippen LogP contribution in [0.4, 0.5) is 8.78 Å². The zero-order chi connectivity index (χ0) is 51.4. The van der Waals surface area contributed by atoms with Crippen LogP contribution in [0.2, 0.25) is 0 Å². The molecule has 384 valence electrons. The van der Waals surface area contributed by atoms with Crippen molar-refractivity contribution < 1.29 is 77.4 Å². The Bertz CT molecular complexity index is 2560. The van der Waals surface area contributed by atoms with Crippen LogP contribution in [-0.4, -0.2) is 115 Å². The summed E-state index contributed by atoms with van der Waals surface area (Å²) >= 11 is 0.664. The van der Waals surface area contributed by atoms with Gasteiger partial charge in [0.2, 0.25) is 0 Å². The average molecular weight is 1030 g/mol. The number of nitrogens with one attached hydrogen (secondary N) is 2. The van der Waals surface area contributed by atoms with Crippen molar-refractivity contribution in [1.82, 2.24) is 10.6 Å². The number of thioether (sulfide) groups is 1. The summed E-state index contributed by atoms with van der Waals surface area (Å²) < 4.78 is 63.0. The lowest BCUT2D eigenvalue weighted by Crippen LogP contribution is -2.66. The highest BCUT2D eigenvalue weighted by Gasteiger charge is 2.51. The lowest BCUT2D eigenvalue weighted by Gasteiger charge is -2.46. The molecule has 0 bridgehead atoms. The van der Waals surface area contributed by atoms with Crippen molar-refractivity contribution in [2.45, 2.75) is 86.0 Å². The number of carbonyl (C=O) groups is 2. The van der Waals surface area contributed by atoms with Gasteiger partial charge in [-0.15, -0.1) is 0 Å². The maximum atomic E-state index is 14.1. The van der Waals surface area contributed by atoms with Gasteiger partial charge in [0, 0.05) is 23.3 Å². The molecule has 6 aromatic carbocycles. The van der Waals surface area contributed by atoms with Gasteiger partial charge in [-0.05, 0) is 70.8 Å². The maximum Gasteiger partial charge on any atom is 0.251 e. The van der Waals surface area contributed by atoms with Crippen molar-refractivity contribution in [3.63, 3.8) is 0 Å². The van der Waals surface area contributed by atoms with Gasteiger partial charge < -0.3 is 69.7 Å². The Morgan fingerprint density at radius 3 is 1.10 bits per heavy atom. The van der Waals surface area contributed by atoms with Crippen LogP contribution < -0.4 is 29.6 Å². The molecule has 6 aromatic rings. The zero-order valence-electron chi connectivity index (χ0n) is 39.0. The Morgan fingerprint density at radius 1 is 0.466 bits per heavy atom. The van der Waals surface area contributed by atoms with Gasteiger partial charge in [0.15, 0.2) is 0 Å². The van der Waals surface area contributed by atoms with E-state index in [2.05, 4.69) is 10.6 Å². The minimum absolute atomic E-state index is 0.000406. The van der Waals surface area contributed by atoms with E-state index in [0.29, 0.717) is 22.9 Å². The van der Waals surface area contributed by atoms with Crippen molar-refractivity contribution in [3.8, 4) is 23.0 Å². The first-order chi connectivity index (χ1) is 35.3. The lowest BCUT2D eigenvalue weighted by molar-refractivity contribution is -0.175. The summed E-state index contributed by atoms with van der Waals surface area (Å²) in [5, 5.41) is 72.2. The van der Waals surface area contributed by atoms with Crippen LogP contribution in [-0.2, 0) is 35.9 Å². The second kappa shape index (κ2) is 24.9. The van der Waals surface area contributed by atoms with Gasteiger partial charge in [0.05, 0.1) is 25.3 Å². The van der Waals surface area contributed by atoms with Crippen LogP contribution in [0.1, 0.15) is 43.0 Å². The number of halogens is 2. The monoisotopic (exact) mass is 1020 g/mol. The number of ether oxygens (including phenoxy) is 6. The molecule has 0 aliphatic carbocycles. The molecule has 0 aromatic heterocycles. The van der Waals surface area contributed by atoms with Gasteiger partial charge in [-0.2, -0.15) is 0 Å². The fourth-order valence-electron chi connectivity index (χ4n) is 8.06. The van der Waals surface area contributed by atoms with Crippen molar-refractivity contribution >= 4 is 23.6 Å². The van der Waals surface area contributed by atoms with E-state index in [1.165, 1.54) is 48.5 Å². The molecule has 0 saturated carbocycles. The zero-order valence-corrected chi connectivity index (χ0v) is 39.8. The van der Waals surface area contributed by atoms with Crippen LogP contribution in [0.5, 0.6) is 23.0 Å². The first-order valence-electron chi connectivity index (χ1n) is 23.2. The third-order valence-corrected chi connectivity index (χ3v) is 13.4. The van der Waals surface area contributed by atoms with Crippen LogP contribution in [0.15, 0.2) is 146 Å². The molecule has 2 heterocycles. The minimum atomic E-state index is -1.74. The molecule has 2 saturated heterocycles.